The molecule has 8 nitrogen and oxygen atoms in total. The van der Waals surface area contributed by atoms with Crippen LogP contribution in [0.2, 0.25) is 0 Å². The zero-order chi connectivity index (χ0) is 9.00. The van der Waals surface area contributed by atoms with Crippen LogP contribution in [0.1, 0.15) is 7.43 Å². The summed E-state index contributed by atoms with van der Waals surface area (Å²) in [5, 5.41) is 0. The second-order valence-corrected chi connectivity index (χ2v) is 3.08. The second-order valence-electron chi connectivity index (χ2n) is 1.03. The van der Waals surface area contributed by atoms with Gasteiger partial charge < -0.3 is 29.4 Å². The maximum absolute atomic E-state index is 8.88. The highest BCUT2D eigenvalue weighted by atomic mass is 35.5. The van der Waals surface area contributed by atoms with Gasteiger partial charge in [-0.3, -0.25) is 0 Å². The summed E-state index contributed by atoms with van der Waals surface area (Å²) in [6.07, 6.45) is 0. The number of hydrogen-bond acceptors (Lipinski definition) is 2. The highest BCUT2D eigenvalue weighted by molar-refractivity contribution is 7.45. The van der Waals surface area contributed by atoms with Gasteiger partial charge in [0, 0.05) is 0 Å². The summed E-state index contributed by atoms with van der Waals surface area (Å²) in [6.45, 7) is 0. The van der Waals surface area contributed by atoms with Gasteiger partial charge in [-0.2, -0.15) is 0 Å². The fourth-order valence-corrected chi connectivity index (χ4v) is 0. The summed E-state index contributed by atoms with van der Waals surface area (Å²) >= 11 is 0. The molecule has 0 spiro atoms. The van der Waals surface area contributed by atoms with E-state index in [9.17, 15) is 0 Å². The molecule has 0 unspecified atom stereocenters. The van der Waals surface area contributed by atoms with Crippen molar-refractivity contribution in [1.29, 1.82) is 0 Å². The molecule has 0 rings (SSSR count). The summed E-state index contributed by atoms with van der Waals surface area (Å²) in [5.41, 5.74) is 0. The van der Waals surface area contributed by atoms with E-state index >= 15 is 0 Å². The van der Waals surface area contributed by atoms with Gasteiger partial charge in [-0.05, 0) is 0 Å². The van der Waals surface area contributed by atoms with Crippen LogP contribution >= 0.6 is 28.1 Å². The van der Waals surface area contributed by atoms with Crippen molar-refractivity contribution in [2.45, 2.75) is 7.43 Å². The summed E-state index contributed by atoms with van der Waals surface area (Å²) in [4.78, 5) is 43.1. The van der Waals surface area contributed by atoms with Gasteiger partial charge >= 0.3 is 15.6 Å². The van der Waals surface area contributed by atoms with E-state index < -0.39 is 15.6 Å². The van der Waals surface area contributed by atoms with Crippen LogP contribution in [0.3, 0.4) is 0 Å². The molecule has 0 aromatic heterocycles. The molecular weight excluding hydrogens is 237 g/mol. The smallest absolute Gasteiger partial charge is 0.303 e. The maximum atomic E-state index is 8.88. The van der Waals surface area contributed by atoms with Crippen molar-refractivity contribution in [1.82, 2.24) is 0 Å². The van der Waals surface area contributed by atoms with Crippen molar-refractivity contribution in [3.63, 3.8) is 0 Å². The van der Waals surface area contributed by atoms with E-state index in [2.05, 4.69) is 0 Å². The standard InChI is InChI=1S/CH4.ClH.2H3O4P/c;;2*1-5(2,3)4/h1H4;1H;2*(H3,1,2,3,4). The average molecular weight is 248 g/mol. The van der Waals surface area contributed by atoms with Gasteiger partial charge in [0.05, 0.1) is 0 Å². The van der Waals surface area contributed by atoms with Gasteiger partial charge in [-0.15, -0.1) is 12.4 Å². The van der Waals surface area contributed by atoms with Crippen LogP contribution in [0.4, 0.5) is 0 Å². The van der Waals surface area contributed by atoms with Gasteiger partial charge in [0.25, 0.3) is 0 Å². The molecule has 0 radical (unpaired) electrons. The van der Waals surface area contributed by atoms with Crippen molar-refractivity contribution in [3.05, 3.63) is 0 Å². The Labute approximate surface area is 74.8 Å². The SMILES string of the molecule is C.Cl.O=P(O)(O)O.O=P(O)(O)O. The van der Waals surface area contributed by atoms with Crippen LogP contribution < -0.4 is 0 Å². The third-order valence-electron chi connectivity index (χ3n) is 0. The molecule has 80 valence electrons. The van der Waals surface area contributed by atoms with Gasteiger partial charge in [0.2, 0.25) is 0 Å². The Morgan fingerprint density at radius 3 is 0.667 bits per heavy atom. The van der Waals surface area contributed by atoms with Crippen LogP contribution in [0.15, 0.2) is 0 Å². The second kappa shape index (κ2) is 8.12. The number of rotatable bonds is 0. The lowest BCUT2D eigenvalue weighted by Gasteiger charge is -1.82. The molecule has 0 saturated carbocycles. The molecule has 0 heterocycles. The summed E-state index contributed by atoms with van der Waals surface area (Å²) in [6, 6.07) is 0. The van der Waals surface area contributed by atoms with Crippen molar-refractivity contribution in [2.24, 2.45) is 0 Å². The largest absolute Gasteiger partial charge is 0.466 e. The Morgan fingerprint density at radius 1 is 0.667 bits per heavy atom. The molecule has 0 aliphatic heterocycles. The molecule has 0 aliphatic carbocycles. The Balaban J connectivity index is -0.0000000457. The van der Waals surface area contributed by atoms with Gasteiger partial charge in [0.15, 0.2) is 0 Å². The van der Waals surface area contributed by atoms with Gasteiger partial charge in [-0.25, -0.2) is 9.13 Å². The minimum atomic E-state index is -4.64. The van der Waals surface area contributed by atoms with Gasteiger partial charge in [-0.1, -0.05) is 7.43 Å². The van der Waals surface area contributed by atoms with Crippen molar-refractivity contribution in [3.8, 4) is 0 Å². The first-order chi connectivity index (χ1) is 4.00. The third-order valence-corrected chi connectivity index (χ3v) is 0. The third kappa shape index (κ3) is 3650. The predicted molar refractivity (Wildman–Crippen MR) is 42.5 cm³/mol. The monoisotopic (exact) mass is 248 g/mol. The Morgan fingerprint density at radius 2 is 0.667 bits per heavy atom. The fraction of sp³-hybridized carbons (Fsp3) is 1.00. The van der Waals surface area contributed by atoms with Crippen LogP contribution in [-0.4, -0.2) is 29.4 Å². The van der Waals surface area contributed by atoms with E-state index in [0.717, 1.165) is 0 Å². The van der Waals surface area contributed by atoms with Gasteiger partial charge in [0.1, 0.15) is 0 Å². The first-order valence-corrected chi connectivity index (χ1v) is 4.70. The van der Waals surface area contributed by atoms with Crippen LogP contribution in [-0.2, 0) is 9.13 Å². The Bertz CT molecular complexity index is 129. The Kier molecular flexibility index (Phi) is 15.5. The topological polar surface area (TPSA) is 156 Å². The highest BCUT2D eigenvalue weighted by Gasteiger charge is 2.00. The quantitative estimate of drug-likeness (QED) is 0.304. The molecular formula is CH11ClO8P2. The van der Waals surface area contributed by atoms with Crippen LogP contribution in [0, 0.1) is 0 Å². The first kappa shape index (κ1) is 22.9. The summed E-state index contributed by atoms with van der Waals surface area (Å²) in [7, 11) is -9.28. The lowest BCUT2D eigenvalue weighted by atomic mass is 12.0. The molecule has 0 atom stereocenters. The van der Waals surface area contributed by atoms with Crippen molar-refractivity contribution < 1.29 is 38.5 Å². The lowest BCUT2D eigenvalue weighted by molar-refractivity contribution is 0.272. The molecule has 12 heavy (non-hydrogen) atoms. The van der Waals surface area contributed by atoms with E-state index in [-0.39, 0.29) is 19.8 Å². The zero-order valence-corrected chi connectivity index (χ0v) is 7.41. The average Bonchev–Trinajstić information content (AvgIpc) is 1.12. The highest BCUT2D eigenvalue weighted by Crippen LogP contribution is 2.26. The molecule has 0 amide bonds. The van der Waals surface area contributed by atoms with E-state index in [1.54, 1.807) is 0 Å². The number of phosphoric acid groups is 2. The van der Waals surface area contributed by atoms with Crippen molar-refractivity contribution >= 4 is 28.1 Å². The molecule has 0 aliphatic rings. The molecule has 0 aromatic carbocycles. The molecule has 0 saturated heterocycles. The molecule has 0 aromatic rings. The van der Waals surface area contributed by atoms with E-state index in [1.807, 2.05) is 0 Å². The normalized spacial score (nSPS) is 9.83. The lowest BCUT2D eigenvalue weighted by Crippen LogP contribution is -1.66. The minimum Gasteiger partial charge on any atom is -0.303 e. The first-order valence-electron chi connectivity index (χ1n) is 1.57. The molecule has 11 heteroatoms. The molecule has 6 N–H and O–H groups in total. The zero-order valence-electron chi connectivity index (χ0n) is 4.80. The van der Waals surface area contributed by atoms with E-state index in [4.69, 9.17) is 38.5 Å². The Hall–Kier alpha value is 0.510. The van der Waals surface area contributed by atoms with Crippen LogP contribution in [0.5, 0.6) is 0 Å². The predicted octanol–water partition coefficient (Wildman–Crippen LogP) is -0.799. The van der Waals surface area contributed by atoms with E-state index in [0.29, 0.717) is 0 Å². The minimum absolute atomic E-state index is 0. The molecule has 0 fully saturated rings. The molecule has 0 bridgehead atoms. The number of hydrogen-bond donors (Lipinski definition) is 6. The number of halogens is 1. The summed E-state index contributed by atoms with van der Waals surface area (Å²) < 4.78 is 17.8. The fourth-order valence-electron chi connectivity index (χ4n) is 0. The summed E-state index contributed by atoms with van der Waals surface area (Å²) in [5.74, 6) is 0. The van der Waals surface area contributed by atoms with Crippen molar-refractivity contribution in [2.75, 3.05) is 0 Å². The van der Waals surface area contributed by atoms with E-state index in [1.165, 1.54) is 0 Å². The maximum Gasteiger partial charge on any atom is 0.466 e. The van der Waals surface area contributed by atoms with Crippen LogP contribution in [0.25, 0.3) is 0 Å².